The number of fused-ring (bicyclic) bond motifs is 1. The number of aryl methyl sites for hydroxylation is 1. The van der Waals surface area contributed by atoms with E-state index in [2.05, 4.69) is 10.3 Å². The van der Waals surface area contributed by atoms with Crippen LogP contribution in [0.15, 0.2) is 47.4 Å². The molecule has 1 N–H and O–H groups in total. The first-order valence-corrected chi connectivity index (χ1v) is 12.3. The minimum Gasteiger partial charge on any atom is -0.492 e. The molecule has 33 heavy (non-hydrogen) atoms. The van der Waals surface area contributed by atoms with Crippen LogP contribution in [0, 0.1) is 6.92 Å². The van der Waals surface area contributed by atoms with E-state index >= 15 is 0 Å². The molecule has 0 saturated carbocycles. The van der Waals surface area contributed by atoms with Gasteiger partial charge in [0.2, 0.25) is 10.0 Å². The van der Waals surface area contributed by atoms with Crippen molar-refractivity contribution in [1.82, 2.24) is 9.29 Å². The summed E-state index contributed by atoms with van der Waals surface area (Å²) in [5, 5.41) is 4.07. The predicted molar refractivity (Wildman–Crippen MR) is 127 cm³/mol. The molecule has 0 unspecified atom stereocenters. The van der Waals surface area contributed by atoms with Crippen LogP contribution in [0.2, 0.25) is 5.02 Å². The minimum atomic E-state index is -3.74. The largest absolute Gasteiger partial charge is 0.492 e. The summed E-state index contributed by atoms with van der Waals surface area (Å²) in [4.78, 5) is 17.7. The second-order valence-electron chi connectivity index (χ2n) is 7.52. The molecule has 0 aliphatic carbocycles. The van der Waals surface area contributed by atoms with Crippen LogP contribution in [0.25, 0.3) is 10.9 Å². The lowest BCUT2D eigenvalue weighted by Crippen LogP contribution is -2.40. The van der Waals surface area contributed by atoms with Gasteiger partial charge in [0.05, 0.1) is 47.2 Å². The highest BCUT2D eigenvalue weighted by Gasteiger charge is 2.27. The van der Waals surface area contributed by atoms with Crippen molar-refractivity contribution < 1.29 is 22.7 Å². The van der Waals surface area contributed by atoms with Crippen molar-refractivity contribution in [2.24, 2.45) is 0 Å². The van der Waals surface area contributed by atoms with Crippen LogP contribution in [0.3, 0.4) is 0 Å². The Hall–Kier alpha value is -2.72. The Morgan fingerprint density at radius 2 is 1.94 bits per heavy atom. The van der Waals surface area contributed by atoms with Crippen LogP contribution in [-0.2, 0) is 14.8 Å². The zero-order valence-electron chi connectivity index (χ0n) is 18.3. The van der Waals surface area contributed by atoms with Crippen molar-refractivity contribution in [1.29, 1.82) is 0 Å². The number of sulfonamides is 1. The first kappa shape index (κ1) is 23.4. The number of pyridine rings is 1. The van der Waals surface area contributed by atoms with E-state index < -0.39 is 15.9 Å². The molecule has 2 aromatic carbocycles. The molecule has 1 amide bonds. The van der Waals surface area contributed by atoms with Gasteiger partial charge < -0.3 is 14.8 Å². The quantitative estimate of drug-likeness (QED) is 0.564. The molecule has 0 bridgehead atoms. The Balaban J connectivity index is 1.69. The number of nitrogens with zero attached hydrogens (tertiary/aromatic N) is 2. The van der Waals surface area contributed by atoms with Gasteiger partial charge >= 0.3 is 0 Å². The molecule has 2 heterocycles. The highest BCUT2D eigenvalue weighted by Crippen LogP contribution is 2.30. The number of hydrogen-bond acceptors (Lipinski definition) is 6. The van der Waals surface area contributed by atoms with Gasteiger partial charge in [-0.05, 0) is 56.3 Å². The maximum Gasteiger partial charge on any atom is 0.257 e. The van der Waals surface area contributed by atoms with E-state index in [1.54, 1.807) is 37.3 Å². The molecule has 1 fully saturated rings. The van der Waals surface area contributed by atoms with Gasteiger partial charge in [0, 0.05) is 23.5 Å². The van der Waals surface area contributed by atoms with Gasteiger partial charge in [0.1, 0.15) is 5.75 Å². The average Bonchev–Trinajstić information content (AvgIpc) is 2.80. The number of nitrogens with one attached hydrogen (secondary N) is 1. The van der Waals surface area contributed by atoms with E-state index in [0.717, 1.165) is 10.9 Å². The first-order chi connectivity index (χ1) is 15.8. The summed E-state index contributed by atoms with van der Waals surface area (Å²) in [7, 11) is -3.74. The molecule has 1 aliphatic heterocycles. The van der Waals surface area contributed by atoms with E-state index in [4.69, 9.17) is 21.1 Å². The summed E-state index contributed by atoms with van der Waals surface area (Å²) in [6.07, 6.45) is 0. The van der Waals surface area contributed by atoms with Gasteiger partial charge in [-0.1, -0.05) is 11.6 Å². The molecule has 1 aromatic heterocycles. The van der Waals surface area contributed by atoms with Gasteiger partial charge in [0.15, 0.2) is 0 Å². The second-order valence-corrected chi connectivity index (χ2v) is 9.89. The van der Waals surface area contributed by atoms with E-state index in [1.165, 1.54) is 16.4 Å². The van der Waals surface area contributed by atoms with Crippen LogP contribution < -0.4 is 10.1 Å². The van der Waals surface area contributed by atoms with E-state index in [9.17, 15) is 13.2 Å². The van der Waals surface area contributed by atoms with Crippen molar-refractivity contribution >= 4 is 44.1 Å². The van der Waals surface area contributed by atoms with Crippen LogP contribution in [0.5, 0.6) is 5.75 Å². The number of benzene rings is 2. The zero-order chi connectivity index (χ0) is 23.6. The Labute approximate surface area is 197 Å². The molecule has 0 spiro atoms. The Morgan fingerprint density at radius 3 is 2.67 bits per heavy atom. The van der Waals surface area contributed by atoms with Crippen LogP contribution in [-0.4, -0.2) is 56.5 Å². The number of ether oxygens (including phenoxy) is 2. The molecule has 10 heteroatoms. The molecular formula is C23H24ClN3O5S. The summed E-state index contributed by atoms with van der Waals surface area (Å²) in [5.41, 5.74) is 1.88. The lowest BCUT2D eigenvalue weighted by atomic mass is 10.1. The van der Waals surface area contributed by atoms with Gasteiger partial charge in [-0.25, -0.2) is 8.42 Å². The highest BCUT2D eigenvalue weighted by molar-refractivity contribution is 7.89. The SMILES string of the molecule is CCOc1ccc(S(=O)(=O)N2CCOCC2)cc1NC(=O)c1cc2cc(Cl)ccc2nc1C. The third kappa shape index (κ3) is 4.96. The Morgan fingerprint density at radius 1 is 1.18 bits per heavy atom. The second kappa shape index (κ2) is 9.64. The third-order valence-electron chi connectivity index (χ3n) is 5.32. The van der Waals surface area contributed by atoms with E-state index in [1.807, 2.05) is 6.92 Å². The number of carbonyl (C=O) groups excluding carboxylic acids is 1. The number of rotatable bonds is 6. The minimum absolute atomic E-state index is 0.0725. The maximum absolute atomic E-state index is 13.2. The van der Waals surface area contributed by atoms with Gasteiger partial charge in [-0.2, -0.15) is 4.31 Å². The number of aromatic nitrogens is 1. The average molecular weight is 490 g/mol. The fraction of sp³-hybridized carbons (Fsp3) is 0.304. The fourth-order valence-corrected chi connectivity index (χ4v) is 5.26. The fourth-order valence-electron chi connectivity index (χ4n) is 3.65. The number of halogens is 1. The summed E-state index contributed by atoms with van der Waals surface area (Å²) < 4.78 is 38.4. The standard InChI is InChI=1S/C23H24ClN3O5S/c1-3-32-22-7-5-18(33(29,30)27-8-10-31-11-9-27)14-21(22)26-23(28)19-13-16-12-17(24)4-6-20(16)25-15(19)2/h4-7,12-14H,3,8-11H2,1-2H3,(H,26,28). The summed E-state index contributed by atoms with van der Waals surface area (Å²) in [5.74, 6) is -0.0510. The van der Waals surface area contributed by atoms with Crippen molar-refractivity contribution in [3.05, 3.63) is 58.7 Å². The van der Waals surface area contributed by atoms with Crippen LogP contribution in [0.4, 0.5) is 5.69 Å². The van der Waals surface area contributed by atoms with Crippen LogP contribution >= 0.6 is 11.6 Å². The molecule has 1 saturated heterocycles. The number of morpholine rings is 1. The van der Waals surface area contributed by atoms with E-state index in [0.29, 0.717) is 41.9 Å². The molecule has 0 atom stereocenters. The molecule has 0 radical (unpaired) electrons. The topological polar surface area (TPSA) is 97.8 Å². The highest BCUT2D eigenvalue weighted by atomic mass is 35.5. The zero-order valence-corrected chi connectivity index (χ0v) is 19.9. The monoisotopic (exact) mass is 489 g/mol. The van der Waals surface area contributed by atoms with Crippen molar-refractivity contribution in [2.45, 2.75) is 18.7 Å². The maximum atomic E-state index is 13.2. The Kier molecular flexibility index (Phi) is 6.85. The molecule has 4 rings (SSSR count). The van der Waals surface area contributed by atoms with Crippen molar-refractivity contribution in [2.75, 3.05) is 38.2 Å². The molecule has 3 aromatic rings. The number of hydrogen-bond donors (Lipinski definition) is 1. The van der Waals surface area contributed by atoms with Crippen LogP contribution in [0.1, 0.15) is 23.0 Å². The number of anilines is 1. The van der Waals surface area contributed by atoms with Crippen molar-refractivity contribution in [3.63, 3.8) is 0 Å². The molecular weight excluding hydrogens is 466 g/mol. The number of carbonyl (C=O) groups is 1. The van der Waals surface area contributed by atoms with Gasteiger partial charge in [0.25, 0.3) is 5.91 Å². The Bertz CT molecular complexity index is 1310. The van der Waals surface area contributed by atoms with Crippen molar-refractivity contribution in [3.8, 4) is 5.75 Å². The lowest BCUT2D eigenvalue weighted by molar-refractivity contribution is 0.0730. The summed E-state index contributed by atoms with van der Waals surface area (Å²) >= 11 is 6.09. The molecule has 174 valence electrons. The summed E-state index contributed by atoms with van der Waals surface area (Å²) in [6.45, 7) is 5.16. The number of amides is 1. The third-order valence-corrected chi connectivity index (χ3v) is 7.45. The first-order valence-electron chi connectivity index (χ1n) is 10.5. The van der Waals surface area contributed by atoms with Gasteiger partial charge in [-0.3, -0.25) is 9.78 Å². The normalized spacial score (nSPS) is 14.9. The smallest absolute Gasteiger partial charge is 0.257 e. The predicted octanol–water partition coefficient (Wildman–Crippen LogP) is 3.87. The summed E-state index contributed by atoms with van der Waals surface area (Å²) in [6, 6.07) is 11.4. The van der Waals surface area contributed by atoms with Gasteiger partial charge in [-0.15, -0.1) is 0 Å². The van der Waals surface area contributed by atoms with E-state index in [-0.39, 0.29) is 23.7 Å². The molecule has 1 aliphatic rings. The molecule has 8 nitrogen and oxygen atoms in total. The lowest BCUT2D eigenvalue weighted by Gasteiger charge is -2.26.